The molecule has 1 aromatic rings. The fraction of sp³-hybridized carbons (Fsp3) is 0.250. The first-order valence-electron chi connectivity index (χ1n) is 3.61. The van der Waals surface area contributed by atoms with E-state index in [2.05, 4.69) is 0 Å². The largest absolute Gasteiger partial charge is 0.505 e. The number of halogens is 3. The molecule has 0 aliphatic heterocycles. The van der Waals surface area contributed by atoms with E-state index in [1.54, 1.807) is 0 Å². The van der Waals surface area contributed by atoms with E-state index in [0.29, 0.717) is 0 Å². The Hall–Kier alpha value is -0.910. The van der Waals surface area contributed by atoms with Gasteiger partial charge in [-0.25, -0.2) is 4.39 Å². The molecule has 1 aromatic carbocycles. The summed E-state index contributed by atoms with van der Waals surface area (Å²) < 4.78 is 25.2. The molecule has 4 N–H and O–H groups in total. The van der Waals surface area contributed by atoms with Crippen molar-refractivity contribution in [3.05, 3.63) is 29.3 Å². The minimum Gasteiger partial charge on any atom is -0.505 e. The number of aliphatic hydroxyl groups is 1. The van der Waals surface area contributed by atoms with Crippen molar-refractivity contribution in [2.75, 3.05) is 6.61 Å². The molecule has 1 rings (SSSR count). The molecule has 0 aliphatic rings. The van der Waals surface area contributed by atoms with Crippen molar-refractivity contribution in [2.24, 2.45) is 5.73 Å². The minimum absolute atomic E-state index is 0. The normalized spacial score (nSPS) is 12.0. The van der Waals surface area contributed by atoms with E-state index < -0.39 is 30.0 Å². The number of aromatic hydroxyl groups is 1. The predicted molar refractivity (Wildman–Crippen MR) is 49.3 cm³/mol. The quantitative estimate of drug-likeness (QED) is 0.706. The smallest absolute Gasteiger partial charge is 0.200 e. The number of benzene rings is 1. The molecule has 3 nitrogen and oxygen atoms in total. The highest BCUT2D eigenvalue weighted by Gasteiger charge is 2.16. The van der Waals surface area contributed by atoms with E-state index >= 15 is 0 Å². The zero-order valence-electron chi connectivity index (χ0n) is 7.08. The molecule has 0 aliphatic carbocycles. The summed E-state index contributed by atoms with van der Waals surface area (Å²) in [6.45, 7) is -0.446. The topological polar surface area (TPSA) is 66.5 Å². The Labute approximate surface area is 85.6 Å². The molecule has 0 saturated carbocycles. The molecule has 0 aromatic heterocycles. The van der Waals surface area contributed by atoms with E-state index in [1.807, 2.05) is 0 Å². The predicted octanol–water partition coefficient (Wildman–Crippen LogP) is 1.08. The third kappa shape index (κ3) is 2.31. The zero-order chi connectivity index (χ0) is 10.0. The van der Waals surface area contributed by atoms with Gasteiger partial charge in [0.05, 0.1) is 12.6 Å². The Morgan fingerprint density at radius 1 is 1.36 bits per heavy atom. The average Bonchev–Trinajstić information content (AvgIpc) is 2.13. The Bertz CT molecular complexity index is 322. The highest BCUT2D eigenvalue weighted by Crippen LogP contribution is 2.27. The van der Waals surface area contributed by atoms with Gasteiger partial charge in [0.15, 0.2) is 11.6 Å². The third-order valence-corrected chi connectivity index (χ3v) is 1.70. The maximum atomic E-state index is 12.7. The molecule has 0 fully saturated rings. The van der Waals surface area contributed by atoms with Crippen LogP contribution in [0.25, 0.3) is 0 Å². The van der Waals surface area contributed by atoms with Crippen molar-refractivity contribution in [3.8, 4) is 5.75 Å². The first kappa shape index (κ1) is 13.1. The fourth-order valence-electron chi connectivity index (χ4n) is 0.952. The summed E-state index contributed by atoms with van der Waals surface area (Å²) in [5.74, 6) is -3.34. The van der Waals surface area contributed by atoms with Crippen LogP contribution in [0.15, 0.2) is 12.1 Å². The third-order valence-electron chi connectivity index (χ3n) is 1.70. The van der Waals surface area contributed by atoms with E-state index in [4.69, 9.17) is 15.9 Å². The summed E-state index contributed by atoms with van der Waals surface area (Å²) in [7, 11) is 0. The average molecular weight is 226 g/mol. The Balaban J connectivity index is 0.00000169. The van der Waals surface area contributed by atoms with Crippen molar-refractivity contribution < 1.29 is 19.0 Å². The molecule has 6 heteroatoms. The molecule has 0 unspecified atom stereocenters. The van der Waals surface area contributed by atoms with Crippen LogP contribution in [0.5, 0.6) is 5.75 Å². The molecular formula is C8H10ClF2NO2. The summed E-state index contributed by atoms with van der Waals surface area (Å²) in [5, 5.41) is 17.7. The van der Waals surface area contributed by atoms with Crippen LogP contribution in [0.2, 0.25) is 0 Å². The van der Waals surface area contributed by atoms with Gasteiger partial charge >= 0.3 is 0 Å². The fourth-order valence-corrected chi connectivity index (χ4v) is 0.952. The maximum absolute atomic E-state index is 12.7. The molecule has 14 heavy (non-hydrogen) atoms. The lowest BCUT2D eigenvalue weighted by molar-refractivity contribution is 0.264. The maximum Gasteiger partial charge on any atom is 0.200 e. The number of hydrogen-bond donors (Lipinski definition) is 3. The van der Waals surface area contributed by atoms with Crippen molar-refractivity contribution in [3.63, 3.8) is 0 Å². The van der Waals surface area contributed by atoms with E-state index in [-0.39, 0.29) is 18.0 Å². The summed E-state index contributed by atoms with van der Waals surface area (Å²) in [5.41, 5.74) is 5.30. The second kappa shape index (κ2) is 5.09. The summed E-state index contributed by atoms with van der Waals surface area (Å²) in [6, 6.07) is 1.07. The van der Waals surface area contributed by atoms with Gasteiger partial charge in [-0.3, -0.25) is 0 Å². The number of phenols is 1. The van der Waals surface area contributed by atoms with Gasteiger partial charge in [-0.2, -0.15) is 4.39 Å². The van der Waals surface area contributed by atoms with Crippen LogP contribution in [-0.2, 0) is 0 Å². The lowest BCUT2D eigenvalue weighted by Gasteiger charge is -2.10. The van der Waals surface area contributed by atoms with Crippen LogP contribution >= 0.6 is 12.4 Å². The van der Waals surface area contributed by atoms with Crippen molar-refractivity contribution in [1.82, 2.24) is 0 Å². The van der Waals surface area contributed by atoms with Gasteiger partial charge in [0.1, 0.15) is 0 Å². The standard InChI is InChI=1S/C8H9F2NO2.ClH/c9-5-2-1-4(6(11)3-12)8(13)7(5)10;/h1-2,6,12-13H,3,11H2;1H/t6-;/m0./s1. The van der Waals surface area contributed by atoms with Gasteiger partial charge in [-0.05, 0) is 6.07 Å². The van der Waals surface area contributed by atoms with Gasteiger partial charge in [0.2, 0.25) is 5.82 Å². The second-order valence-corrected chi connectivity index (χ2v) is 2.59. The molecule has 0 bridgehead atoms. The summed E-state index contributed by atoms with van der Waals surface area (Å²) in [4.78, 5) is 0. The molecule has 0 radical (unpaired) electrons. The SMILES string of the molecule is Cl.N[C@@H](CO)c1ccc(F)c(F)c1O. The second-order valence-electron chi connectivity index (χ2n) is 2.59. The number of hydrogen-bond acceptors (Lipinski definition) is 3. The van der Waals surface area contributed by atoms with Crippen LogP contribution in [-0.4, -0.2) is 16.8 Å². The van der Waals surface area contributed by atoms with Gasteiger partial charge in [0.25, 0.3) is 0 Å². The van der Waals surface area contributed by atoms with Crippen LogP contribution < -0.4 is 5.73 Å². The Morgan fingerprint density at radius 2 is 1.93 bits per heavy atom. The van der Waals surface area contributed by atoms with E-state index in [1.165, 1.54) is 0 Å². The Kier molecular flexibility index (Phi) is 4.76. The first-order chi connectivity index (χ1) is 6.07. The summed E-state index contributed by atoms with van der Waals surface area (Å²) in [6.07, 6.45) is 0. The zero-order valence-corrected chi connectivity index (χ0v) is 7.89. The molecule has 1 atom stereocenters. The minimum atomic E-state index is -1.35. The summed E-state index contributed by atoms with van der Waals surface area (Å²) >= 11 is 0. The highest BCUT2D eigenvalue weighted by atomic mass is 35.5. The monoisotopic (exact) mass is 225 g/mol. The van der Waals surface area contributed by atoms with Crippen LogP contribution in [0.4, 0.5) is 8.78 Å². The van der Waals surface area contributed by atoms with Crippen molar-refractivity contribution in [2.45, 2.75) is 6.04 Å². The molecule has 0 amide bonds. The van der Waals surface area contributed by atoms with Crippen LogP contribution in [0.1, 0.15) is 11.6 Å². The lowest BCUT2D eigenvalue weighted by Crippen LogP contribution is -2.15. The first-order valence-corrected chi connectivity index (χ1v) is 3.61. The molecule has 0 spiro atoms. The van der Waals surface area contributed by atoms with Gasteiger partial charge in [-0.15, -0.1) is 12.4 Å². The highest BCUT2D eigenvalue weighted by molar-refractivity contribution is 5.85. The molecule has 80 valence electrons. The van der Waals surface area contributed by atoms with Gasteiger partial charge < -0.3 is 15.9 Å². The lowest BCUT2D eigenvalue weighted by atomic mass is 10.1. The number of nitrogens with two attached hydrogens (primary N) is 1. The van der Waals surface area contributed by atoms with Gasteiger partial charge in [0, 0.05) is 5.56 Å². The number of phenolic OH excluding ortho intramolecular Hbond substituents is 1. The van der Waals surface area contributed by atoms with E-state index in [9.17, 15) is 8.78 Å². The van der Waals surface area contributed by atoms with Crippen LogP contribution in [0, 0.1) is 11.6 Å². The van der Waals surface area contributed by atoms with Crippen molar-refractivity contribution >= 4 is 12.4 Å². The van der Waals surface area contributed by atoms with E-state index in [0.717, 1.165) is 12.1 Å². The van der Waals surface area contributed by atoms with Crippen LogP contribution in [0.3, 0.4) is 0 Å². The molecule has 0 saturated heterocycles. The molecular weight excluding hydrogens is 216 g/mol. The molecule has 0 heterocycles. The number of aliphatic hydroxyl groups excluding tert-OH is 1. The van der Waals surface area contributed by atoms with Crippen molar-refractivity contribution in [1.29, 1.82) is 0 Å². The van der Waals surface area contributed by atoms with Gasteiger partial charge in [-0.1, -0.05) is 6.07 Å². The Morgan fingerprint density at radius 3 is 2.43 bits per heavy atom. The number of rotatable bonds is 2.